The highest BCUT2D eigenvalue weighted by molar-refractivity contribution is 5.90. The Balaban J connectivity index is 2.10. The minimum atomic E-state index is -1.15. The number of aromatic hydroxyl groups is 1. The smallest absolute Gasteiger partial charge is 0.326 e. The van der Waals surface area contributed by atoms with Crippen LogP contribution in [0.1, 0.15) is 18.1 Å². The second-order valence-corrected chi connectivity index (χ2v) is 6.21. The highest BCUT2D eigenvalue weighted by atomic mass is 16.4. The molecule has 0 radical (unpaired) electrons. The Morgan fingerprint density at radius 1 is 0.852 bits per heavy atom. The molecule has 2 rings (SSSR count). The van der Waals surface area contributed by atoms with Crippen LogP contribution in [0.3, 0.4) is 0 Å². The van der Waals surface area contributed by atoms with Gasteiger partial charge in [-0.05, 0) is 23.3 Å². The second kappa shape index (κ2) is 9.38. The molecule has 2 aromatic rings. The maximum absolute atomic E-state index is 12.6. The minimum Gasteiger partial charge on any atom is -0.508 e. The minimum absolute atomic E-state index is 0.0908. The summed E-state index contributed by atoms with van der Waals surface area (Å²) in [4.78, 5) is 35.6. The van der Waals surface area contributed by atoms with Crippen molar-refractivity contribution in [1.29, 1.82) is 0 Å². The Labute approximate surface area is 157 Å². The van der Waals surface area contributed by atoms with E-state index in [2.05, 4.69) is 10.6 Å². The van der Waals surface area contributed by atoms with Crippen molar-refractivity contribution in [2.45, 2.75) is 31.8 Å². The monoisotopic (exact) mass is 370 g/mol. The molecule has 0 aliphatic heterocycles. The lowest BCUT2D eigenvalue weighted by Crippen LogP contribution is -2.52. The van der Waals surface area contributed by atoms with Crippen LogP contribution in [-0.4, -0.2) is 40.1 Å². The van der Waals surface area contributed by atoms with Gasteiger partial charge < -0.3 is 20.8 Å². The van der Waals surface area contributed by atoms with E-state index in [4.69, 9.17) is 0 Å². The summed E-state index contributed by atoms with van der Waals surface area (Å²) in [7, 11) is 0. The molecule has 0 aliphatic carbocycles. The van der Waals surface area contributed by atoms with Crippen molar-refractivity contribution in [3.8, 4) is 5.75 Å². The van der Waals surface area contributed by atoms with Gasteiger partial charge >= 0.3 is 5.97 Å². The summed E-state index contributed by atoms with van der Waals surface area (Å²) >= 11 is 0. The molecule has 142 valence electrons. The number of phenols is 1. The maximum Gasteiger partial charge on any atom is 0.326 e. The van der Waals surface area contributed by atoms with Gasteiger partial charge in [-0.25, -0.2) is 4.79 Å². The van der Waals surface area contributed by atoms with E-state index in [1.165, 1.54) is 19.1 Å². The number of nitrogens with one attached hydrogen (secondary N) is 2. The van der Waals surface area contributed by atoms with Gasteiger partial charge in [-0.2, -0.15) is 0 Å². The highest BCUT2D eigenvalue weighted by Gasteiger charge is 2.26. The molecular formula is C20H22N2O5. The molecule has 7 nitrogen and oxygen atoms in total. The Bertz CT molecular complexity index is 790. The Kier molecular flexibility index (Phi) is 6.93. The molecule has 2 atom stereocenters. The zero-order chi connectivity index (χ0) is 19.8. The third kappa shape index (κ3) is 6.47. The van der Waals surface area contributed by atoms with Gasteiger partial charge in [-0.3, -0.25) is 9.59 Å². The average molecular weight is 370 g/mol. The van der Waals surface area contributed by atoms with Crippen LogP contribution in [0.5, 0.6) is 5.75 Å². The molecule has 2 amide bonds. The van der Waals surface area contributed by atoms with E-state index in [9.17, 15) is 24.6 Å². The Hall–Kier alpha value is -3.35. The molecule has 0 aliphatic rings. The van der Waals surface area contributed by atoms with Gasteiger partial charge in [0, 0.05) is 19.8 Å². The molecule has 27 heavy (non-hydrogen) atoms. The van der Waals surface area contributed by atoms with Crippen molar-refractivity contribution in [2.24, 2.45) is 0 Å². The predicted octanol–water partition coefficient (Wildman–Crippen LogP) is 1.25. The molecule has 0 bridgehead atoms. The van der Waals surface area contributed by atoms with Gasteiger partial charge in [0.1, 0.15) is 17.8 Å². The average Bonchev–Trinajstić information content (AvgIpc) is 2.62. The van der Waals surface area contributed by atoms with Gasteiger partial charge in [-0.1, -0.05) is 42.5 Å². The lowest BCUT2D eigenvalue weighted by atomic mass is 10.0. The highest BCUT2D eigenvalue weighted by Crippen LogP contribution is 2.12. The number of hydrogen-bond donors (Lipinski definition) is 4. The van der Waals surface area contributed by atoms with E-state index >= 15 is 0 Å². The fourth-order valence-corrected chi connectivity index (χ4v) is 2.64. The van der Waals surface area contributed by atoms with Crippen molar-refractivity contribution < 1.29 is 24.6 Å². The first-order valence-corrected chi connectivity index (χ1v) is 8.47. The molecule has 0 fully saturated rings. The van der Waals surface area contributed by atoms with Crippen LogP contribution in [0.25, 0.3) is 0 Å². The summed E-state index contributed by atoms with van der Waals surface area (Å²) in [5, 5.41) is 23.8. The van der Waals surface area contributed by atoms with E-state index in [0.717, 1.165) is 11.1 Å². The molecule has 0 spiro atoms. The topological polar surface area (TPSA) is 116 Å². The van der Waals surface area contributed by atoms with Crippen LogP contribution in [0.15, 0.2) is 54.6 Å². The van der Waals surface area contributed by atoms with Crippen molar-refractivity contribution in [1.82, 2.24) is 10.6 Å². The summed E-state index contributed by atoms with van der Waals surface area (Å²) in [6, 6.07) is 13.2. The molecule has 7 heteroatoms. The van der Waals surface area contributed by atoms with Crippen molar-refractivity contribution in [3.05, 3.63) is 65.7 Å². The summed E-state index contributed by atoms with van der Waals surface area (Å²) in [6.07, 6.45) is 0.303. The summed E-state index contributed by atoms with van der Waals surface area (Å²) in [5.41, 5.74) is 1.50. The van der Waals surface area contributed by atoms with Crippen LogP contribution in [0, 0.1) is 0 Å². The first-order chi connectivity index (χ1) is 12.8. The number of hydrogen-bond acceptors (Lipinski definition) is 4. The summed E-state index contributed by atoms with van der Waals surface area (Å²) in [6.45, 7) is 1.29. The third-order valence-corrected chi connectivity index (χ3v) is 3.97. The molecular weight excluding hydrogens is 348 g/mol. The lowest BCUT2D eigenvalue weighted by Gasteiger charge is -2.21. The van der Waals surface area contributed by atoms with Crippen LogP contribution in [0.2, 0.25) is 0 Å². The van der Waals surface area contributed by atoms with E-state index in [-0.39, 0.29) is 18.6 Å². The number of amides is 2. The maximum atomic E-state index is 12.6. The van der Waals surface area contributed by atoms with Gasteiger partial charge in [0.15, 0.2) is 0 Å². The molecule has 0 saturated carbocycles. The lowest BCUT2D eigenvalue weighted by molar-refractivity contribution is -0.142. The largest absolute Gasteiger partial charge is 0.508 e. The number of phenolic OH excluding ortho intramolecular Hbond substituents is 1. The van der Waals surface area contributed by atoms with Gasteiger partial charge in [-0.15, -0.1) is 0 Å². The predicted molar refractivity (Wildman–Crippen MR) is 99.1 cm³/mol. The van der Waals surface area contributed by atoms with Crippen LogP contribution < -0.4 is 10.6 Å². The van der Waals surface area contributed by atoms with Gasteiger partial charge in [0.25, 0.3) is 0 Å². The van der Waals surface area contributed by atoms with Crippen molar-refractivity contribution >= 4 is 17.8 Å². The zero-order valence-electron chi connectivity index (χ0n) is 14.9. The second-order valence-electron chi connectivity index (χ2n) is 6.21. The fraction of sp³-hybridized carbons (Fsp3) is 0.250. The van der Waals surface area contributed by atoms with Gasteiger partial charge in [0.05, 0.1) is 0 Å². The number of benzene rings is 2. The van der Waals surface area contributed by atoms with E-state index in [1.54, 1.807) is 36.4 Å². The fourth-order valence-electron chi connectivity index (χ4n) is 2.64. The number of carbonyl (C=O) groups excluding carboxylic acids is 2. The summed E-state index contributed by atoms with van der Waals surface area (Å²) in [5.74, 6) is -2.04. The number of rotatable bonds is 8. The van der Waals surface area contributed by atoms with Crippen molar-refractivity contribution in [3.63, 3.8) is 0 Å². The number of carboxylic acids is 1. The Morgan fingerprint density at radius 3 is 1.96 bits per heavy atom. The van der Waals surface area contributed by atoms with Crippen LogP contribution in [0.4, 0.5) is 0 Å². The Morgan fingerprint density at radius 2 is 1.41 bits per heavy atom. The zero-order valence-corrected chi connectivity index (χ0v) is 14.9. The first-order valence-electron chi connectivity index (χ1n) is 8.47. The van der Waals surface area contributed by atoms with Crippen LogP contribution in [-0.2, 0) is 27.2 Å². The van der Waals surface area contributed by atoms with E-state index in [1.807, 2.05) is 6.07 Å². The number of aliphatic carboxylic acids is 1. The molecule has 0 heterocycles. The van der Waals surface area contributed by atoms with Gasteiger partial charge in [0.2, 0.25) is 11.8 Å². The van der Waals surface area contributed by atoms with Crippen LogP contribution >= 0.6 is 0 Å². The normalized spacial score (nSPS) is 12.6. The number of carboxylic acid groups (broad SMARTS) is 1. The van der Waals surface area contributed by atoms with Crippen molar-refractivity contribution in [2.75, 3.05) is 0 Å². The molecule has 0 aromatic heterocycles. The molecule has 0 saturated heterocycles. The molecule has 4 N–H and O–H groups in total. The first kappa shape index (κ1) is 20.0. The summed E-state index contributed by atoms with van der Waals surface area (Å²) < 4.78 is 0. The number of carbonyl (C=O) groups is 3. The SMILES string of the molecule is CC(=O)NC(Cc1ccc(O)cc1)C(=O)NC(Cc1ccccc1)C(=O)O. The molecule has 2 aromatic carbocycles. The standard InChI is InChI=1S/C20H22N2O5/c1-13(23)21-17(11-15-7-9-16(24)10-8-15)19(25)22-18(20(26)27)12-14-5-3-2-4-6-14/h2-10,17-18,24H,11-12H2,1H3,(H,21,23)(H,22,25)(H,26,27). The quantitative estimate of drug-likeness (QED) is 0.558. The van der Waals surface area contributed by atoms with E-state index < -0.39 is 29.9 Å². The molecule has 2 unspecified atom stereocenters. The third-order valence-electron chi connectivity index (χ3n) is 3.97. The van der Waals surface area contributed by atoms with E-state index in [0.29, 0.717) is 0 Å².